The highest BCUT2D eigenvalue weighted by atomic mass is 19.4. The highest BCUT2D eigenvalue weighted by Crippen LogP contribution is 2.64. The molecule has 4 aliphatic rings. The van der Waals surface area contributed by atoms with Crippen LogP contribution < -0.4 is 5.73 Å². The first-order chi connectivity index (χ1) is 15.4. The van der Waals surface area contributed by atoms with E-state index >= 15 is 0 Å². The third kappa shape index (κ3) is 3.69. The molecule has 2 aromatic rings. The van der Waals surface area contributed by atoms with E-state index in [1.165, 1.54) is 37.6 Å². The number of rotatable bonds is 5. The Hall–Kier alpha value is -2.13. The fourth-order valence-electron chi connectivity index (χ4n) is 5.87. The van der Waals surface area contributed by atoms with Crippen LogP contribution in [0.3, 0.4) is 0 Å². The van der Waals surface area contributed by atoms with Crippen LogP contribution in [0.1, 0.15) is 42.9 Å². The van der Waals surface area contributed by atoms with Gasteiger partial charge in [0.2, 0.25) is 0 Å². The maximum Gasteiger partial charge on any atom is 0.419 e. The Morgan fingerprint density at radius 2 is 1.81 bits per heavy atom. The van der Waals surface area contributed by atoms with Crippen molar-refractivity contribution < 1.29 is 17.9 Å². The highest BCUT2D eigenvalue weighted by Gasteiger charge is 2.58. The SMILES string of the molecule is Nc1ncc(-c2cc(C3C4CC(N5CCOCC5)CC43)n(CC3CC3)n2)cc1C(F)(F)F. The minimum Gasteiger partial charge on any atom is -0.383 e. The molecule has 0 radical (unpaired) electrons. The Morgan fingerprint density at radius 1 is 1.09 bits per heavy atom. The third-order valence-electron chi connectivity index (χ3n) is 7.78. The van der Waals surface area contributed by atoms with Crippen LogP contribution in [0, 0.1) is 17.8 Å². The number of halogens is 3. The largest absolute Gasteiger partial charge is 0.419 e. The smallest absolute Gasteiger partial charge is 0.383 e. The molecule has 0 spiro atoms. The van der Waals surface area contributed by atoms with Gasteiger partial charge in [0.1, 0.15) is 5.82 Å². The van der Waals surface area contributed by atoms with Crippen LogP contribution in [-0.4, -0.2) is 52.0 Å². The normalized spacial score (nSPS) is 30.5. The van der Waals surface area contributed by atoms with Crippen molar-refractivity contribution >= 4 is 5.82 Å². The van der Waals surface area contributed by atoms with Gasteiger partial charge in [0, 0.05) is 49.0 Å². The number of pyridine rings is 1. The first-order valence-electron chi connectivity index (χ1n) is 11.6. The lowest BCUT2D eigenvalue weighted by Crippen LogP contribution is -2.43. The van der Waals surface area contributed by atoms with Crippen LogP contribution in [0.25, 0.3) is 11.3 Å². The van der Waals surface area contributed by atoms with Gasteiger partial charge in [-0.05, 0) is 55.6 Å². The first-order valence-corrected chi connectivity index (χ1v) is 11.6. The van der Waals surface area contributed by atoms with Crippen LogP contribution in [0.2, 0.25) is 0 Å². The number of hydrogen-bond donors (Lipinski definition) is 1. The second-order valence-corrected chi connectivity index (χ2v) is 9.86. The predicted molar refractivity (Wildman–Crippen MR) is 113 cm³/mol. The lowest BCUT2D eigenvalue weighted by atomic mass is 10.0. The summed E-state index contributed by atoms with van der Waals surface area (Å²) >= 11 is 0. The lowest BCUT2D eigenvalue weighted by Gasteiger charge is -2.33. The fraction of sp³-hybridized carbons (Fsp3) is 0.652. The maximum atomic E-state index is 13.3. The Kier molecular flexibility index (Phi) is 4.77. The van der Waals surface area contributed by atoms with E-state index in [0.29, 0.717) is 41.0 Å². The van der Waals surface area contributed by atoms with Crippen LogP contribution in [0.4, 0.5) is 19.0 Å². The van der Waals surface area contributed by atoms with Gasteiger partial charge in [-0.3, -0.25) is 9.58 Å². The molecule has 3 saturated carbocycles. The second-order valence-electron chi connectivity index (χ2n) is 9.86. The van der Waals surface area contributed by atoms with Crippen molar-refractivity contribution in [1.82, 2.24) is 19.7 Å². The summed E-state index contributed by atoms with van der Waals surface area (Å²) in [4.78, 5) is 6.37. The van der Waals surface area contributed by atoms with E-state index in [4.69, 9.17) is 15.6 Å². The molecule has 2 unspecified atom stereocenters. The third-order valence-corrected chi connectivity index (χ3v) is 7.78. The first kappa shape index (κ1) is 20.5. The highest BCUT2D eigenvalue weighted by molar-refractivity contribution is 5.63. The summed E-state index contributed by atoms with van der Waals surface area (Å²) in [7, 11) is 0. The van der Waals surface area contributed by atoms with Gasteiger partial charge in [-0.1, -0.05) is 0 Å². The average Bonchev–Trinajstić information content (AvgIpc) is 3.61. The van der Waals surface area contributed by atoms with Crippen LogP contribution >= 0.6 is 0 Å². The van der Waals surface area contributed by atoms with Crippen LogP contribution in [0.15, 0.2) is 18.3 Å². The minimum atomic E-state index is -4.53. The molecule has 0 bridgehead atoms. The number of nitrogen functional groups attached to an aromatic ring is 1. The summed E-state index contributed by atoms with van der Waals surface area (Å²) in [5.41, 5.74) is 6.72. The molecular formula is C23H28F3N5O. The van der Waals surface area contributed by atoms with Crippen molar-refractivity contribution in [3.8, 4) is 11.3 Å². The van der Waals surface area contributed by atoms with E-state index in [1.54, 1.807) is 0 Å². The molecule has 3 aliphatic carbocycles. The molecular weight excluding hydrogens is 419 g/mol. The predicted octanol–water partition coefficient (Wildman–Crippen LogP) is 3.78. The van der Waals surface area contributed by atoms with Gasteiger partial charge in [0.25, 0.3) is 0 Å². The zero-order valence-corrected chi connectivity index (χ0v) is 17.9. The zero-order chi connectivity index (χ0) is 22.0. The molecule has 2 aromatic heterocycles. The number of nitrogens with zero attached hydrogens (tertiary/aromatic N) is 4. The zero-order valence-electron chi connectivity index (χ0n) is 17.9. The summed E-state index contributed by atoms with van der Waals surface area (Å²) in [6.07, 6.45) is 1.66. The monoisotopic (exact) mass is 447 g/mol. The molecule has 1 saturated heterocycles. The van der Waals surface area contributed by atoms with Crippen molar-refractivity contribution in [3.05, 3.63) is 29.6 Å². The number of ether oxygens (including phenoxy) is 1. The average molecular weight is 448 g/mol. The van der Waals surface area contributed by atoms with E-state index in [9.17, 15) is 13.2 Å². The van der Waals surface area contributed by atoms with Gasteiger partial charge in [-0.25, -0.2) is 4.98 Å². The molecule has 9 heteroatoms. The number of alkyl halides is 3. The molecule has 2 N–H and O–H groups in total. The molecule has 6 nitrogen and oxygen atoms in total. The van der Waals surface area contributed by atoms with E-state index in [-0.39, 0.29) is 0 Å². The molecule has 0 amide bonds. The fourth-order valence-corrected chi connectivity index (χ4v) is 5.87. The van der Waals surface area contributed by atoms with E-state index in [0.717, 1.165) is 38.9 Å². The van der Waals surface area contributed by atoms with Gasteiger partial charge < -0.3 is 10.5 Å². The molecule has 3 heterocycles. The van der Waals surface area contributed by atoms with Gasteiger partial charge in [0.15, 0.2) is 0 Å². The van der Waals surface area contributed by atoms with E-state index < -0.39 is 17.6 Å². The Bertz CT molecular complexity index is 1000. The Balaban J connectivity index is 1.25. The molecule has 1 aliphatic heterocycles. The summed E-state index contributed by atoms with van der Waals surface area (Å²) in [5, 5.41) is 4.75. The van der Waals surface area contributed by atoms with Gasteiger partial charge in [0.05, 0.1) is 24.5 Å². The topological polar surface area (TPSA) is 69.2 Å². The summed E-state index contributed by atoms with van der Waals surface area (Å²) in [6.45, 7) is 4.53. The number of hydrogen-bond acceptors (Lipinski definition) is 5. The molecule has 6 rings (SSSR count). The Labute approximate surface area is 184 Å². The van der Waals surface area contributed by atoms with Crippen molar-refractivity contribution in [1.29, 1.82) is 0 Å². The summed E-state index contributed by atoms with van der Waals surface area (Å²) < 4.78 is 47.6. The molecule has 0 aromatic carbocycles. The standard InChI is InChI=1S/C23H28F3N5O/c24-23(25,26)18-7-14(11-28-22(18)27)19-10-20(31(29-19)12-13-1-2-13)21-16-8-15(9-17(16)21)30-3-5-32-6-4-30/h7,10-11,13,15-17,21H,1-6,8-9,12H2,(H2,27,28). The quantitative estimate of drug-likeness (QED) is 0.756. The number of morpholine rings is 1. The van der Waals surface area contributed by atoms with Gasteiger partial charge in [-0.15, -0.1) is 0 Å². The Morgan fingerprint density at radius 3 is 2.47 bits per heavy atom. The van der Waals surface area contributed by atoms with Crippen molar-refractivity contribution in [2.24, 2.45) is 17.8 Å². The second kappa shape index (κ2) is 7.45. The number of nitrogens with two attached hydrogens (primary N) is 1. The van der Waals surface area contributed by atoms with E-state index in [1.807, 2.05) is 6.07 Å². The molecule has 172 valence electrons. The molecule has 2 atom stereocenters. The number of anilines is 1. The molecule has 4 fully saturated rings. The number of aromatic nitrogens is 3. The van der Waals surface area contributed by atoms with Crippen LogP contribution in [0.5, 0.6) is 0 Å². The van der Waals surface area contributed by atoms with Gasteiger partial charge >= 0.3 is 6.18 Å². The summed E-state index contributed by atoms with van der Waals surface area (Å²) in [5.74, 6) is 1.92. The van der Waals surface area contributed by atoms with Crippen molar-refractivity contribution in [2.45, 2.75) is 50.4 Å². The van der Waals surface area contributed by atoms with Crippen molar-refractivity contribution in [2.75, 3.05) is 32.0 Å². The summed E-state index contributed by atoms with van der Waals surface area (Å²) in [6, 6.07) is 3.72. The lowest BCUT2D eigenvalue weighted by molar-refractivity contribution is -0.137. The molecule has 32 heavy (non-hydrogen) atoms. The minimum absolute atomic E-state index is 0.374. The van der Waals surface area contributed by atoms with Crippen molar-refractivity contribution in [3.63, 3.8) is 0 Å². The maximum absolute atomic E-state index is 13.3. The van der Waals surface area contributed by atoms with Gasteiger partial charge in [-0.2, -0.15) is 18.3 Å². The number of fused-ring (bicyclic) bond motifs is 1. The van der Waals surface area contributed by atoms with Crippen LogP contribution in [-0.2, 0) is 17.5 Å². The van der Waals surface area contributed by atoms with E-state index in [2.05, 4.69) is 14.6 Å².